The highest BCUT2D eigenvalue weighted by molar-refractivity contribution is 5.83. The van der Waals surface area contributed by atoms with Crippen molar-refractivity contribution in [1.82, 2.24) is 10.6 Å². The van der Waals surface area contributed by atoms with Gasteiger partial charge in [-0.1, -0.05) is 26.2 Å². The van der Waals surface area contributed by atoms with Crippen LogP contribution in [-0.4, -0.2) is 35.1 Å². The van der Waals surface area contributed by atoms with Crippen molar-refractivity contribution in [3.63, 3.8) is 0 Å². The third kappa shape index (κ3) is 6.01. The second-order valence-corrected chi connectivity index (χ2v) is 5.57. The van der Waals surface area contributed by atoms with E-state index in [1.165, 1.54) is 6.42 Å². The molecule has 5 N–H and O–H groups in total. The van der Waals surface area contributed by atoms with Crippen LogP contribution in [0.2, 0.25) is 0 Å². The molecule has 2 unspecified atom stereocenters. The lowest BCUT2D eigenvalue weighted by atomic mass is 9.83. The largest absolute Gasteiger partial charge is 0.480 e. The van der Waals surface area contributed by atoms with E-state index in [4.69, 9.17) is 10.8 Å². The molecular formula is C14H25N3O4. The summed E-state index contributed by atoms with van der Waals surface area (Å²) in [6.45, 7) is 2.09. The maximum Gasteiger partial charge on any atom is 0.326 e. The number of carbonyl (C=O) groups excluding carboxylic acids is 2. The first kappa shape index (κ1) is 17.3. The molecule has 21 heavy (non-hydrogen) atoms. The number of amides is 3. The number of rotatable bonds is 7. The van der Waals surface area contributed by atoms with Gasteiger partial charge in [-0.2, -0.15) is 0 Å². The Morgan fingerprint density at radius 1 is 1.29 bits per heavy atom. The zero-order chi connectivity index (χ0) is 15.8. The number of aliphatic carboxylic acids is 1. The molecule has 3 atom stereocenters. The van der Waals surface area contributed by atoms with Crippen LogP contribution in [0.1, 0.15) is 51.9 Å². The van der Waals surface area contributed by atoms with E-state index in [1.807, 2.05) is 0 Å². The second-order valence-electron chi connectivity index (χ2n) is 5.57. The molecular weight excluding hydrogens is 274 g/mol. The Balaban J connectivity index is 2.48. The maximum absolute atomic E-state index is 11.9. The van der Waals surface area contributed by atoms with Crippen LogP contribution in [-0.2, 0) is 9.59 Å². The molecule has 7 nitrogen and oxygen atoms in total. The first-order chi connectivity index (χ1) is 9.93. The van der Waals surface area contributed by atoms with Crippen molar-refractivity contribution < 1.29 is 19.5 Å². The summed E-state index contributed by atoms with van der Waals surface area (Å²) in [6.07, 6.45) is 5.18. The maximum atomic E-state index is 11.9. The lowest BCUT2D eigenvalue weighted by molar-refractivity contribution is -0.139. The Kier molecular flexibility index (Phi) is 6.98. The normalized spacial score (nSPS) is 23.1. The topological polar surface area (TPSA) is 122 Å². The summed E-state index contributed by atoms with van der Waals surface area (Å²) in [4.78, 5) is 33.7. The van der Waals surface area contributed by atoms with Gasteiger partial charge in [0.05, 0.1) is 0 Å². The van der Waals surface area contributed by atoms with Crippen LogP contribution in [0.3, 0.4) is 0 Å². The SMILES string of the molecule is CCC1CCCCC1NC(=O)N[C@@H](CCC(N)=O)C(=O)O. The number of nitrogens with two attached hydrogens (primary N) is 1. The number of carbonyl (C=O) groups is 3. The third-order valence-electron chi connectivity index (χ3n) is 4.03. The lowest BCUT2D eigenvalue weighted by Gasteiger charge is -2.31. The molecule has 0 spiro atoms. The fourth-order valence-corrected chi connectivity index (χ4v) is 2.80. The summed E-state index contributed by atoms with van der Waals surface area (Å²) in [7, 11) is 0. The molecule has 3 amide bonds. The monoisotopic (exact) mass is 299 g/mol. The third-order valence-corrected chi connectivity index (χ3v) is 4.03. The van der Waals surface area contributed by atoms with E-state index in [9.17, 15) is 14.4 Å². The number of hydrogen-bond donors (Lipinski definition) is 4. The quantitative estimate of drug-likeness (QED) is 0.559. The fourth-order valence-electron chi connectivity index (χ4n) is 2.80. The molecule has 7 heteroatoms. The van der Waals surface area contributed by atoms with E-state index in [1.54, 1.807) is 0 Å². The van der Waals surface area contributed by atoms with Crippen LogP contribution < -0.4 is 16.4 Å². The van der Waals surface area contributed by atoms with Crippen molar-refractivity contribution in [3.8, 4) is 0 Å². The lowest BCUT2D eigenvalue weighted by Crippen LogP contribution is -2.51. The van der Waals surface area contributed by atoms with Crippen LogP contribution in [0.5, 0.6) is 0 Å². The van der Waals surface area contributed by atoms with Gasteiger partial charge in [0, 0.05) is 12.5 Å². The van der Waals surface area contributed by atoms with Gasteiger partial charge in [-0.25, -0.2) is 9.59 Å². The standard InChI is InChI=1S/C14H25N3O4/c1-2-9-5-3-4-6-10(9)16-14(21)17-11(13(19)20)7-8-12(15)18/h9-11H,2-8H2,1H3,(H2,15,18)(H,19,20)(H2,16,17,21)/t9?,10?,11-/m0/s1. The first-order valence-corrected chi connectivity index (χ1v) is 7.52. The summed E-state index contributed by atoms with van der Waals surface area (Å²) in [6, 6.07) is -1.49. The van der Waals surface area contributed by atoms with E-state index < -0.39 is 23.9 Å². The van der Waals surface area contributed by atoms with Gasteiger partial charge in [0.1, 0.15) is 6.04 Å². The Morgan fingerprint density at radius 3 is 2.52 bits per heavy atom. The van der Waals surface area contributed by atoms with E-state index in [2.05, 4.69) is 17.6 Å². The molecule has 0 aliphatic heterocycles. The Morgan fingerprint density at radius 2 is 1.95 bits per heavy atom. The van der Waals surface area contributed by atoms with Crippen molar-refractivity contribution in [2.45, 2.75) is 64.0 Å². The van der Waals surface area contributed by atoms with Crippen molar-refractivity contribution in [2.75, 3.05) is 0 Å². The molecule has 1 aliphatic rings. The molecule has 1 fully saturated rings. The molecule has 0 aromatic heterocycles. The van der Waals surface area contributed by atoms with E-state index in [0.717, 1.165) is 25.7 Å². The van der Waals surface area contributed by atoms with Gasteiger partial charge in [0.15, 0.2) is 0 Å². The number of carboxylic acids is 1. The molecule has 1 aliphatic carbocycles. The summed E-state index contributed by atoms with van der Waals surface area (Å²) in [5.41, 5.74) is 5.00. The van der Waals surface area contributed by atoms with Crippen LogP contribution in [0.15, 0.2) is 0 Å². The highest BCUT2D eigenvalue weighted by Gasteiger charge is 2.27. The average molecular weight is 299 g/mol. The van der Waals surface area contributed by atoms with Crippen molar-refractivity contribution >= 4 is 17.9 Å². The smallest absolute Gasteiger partial charge is 0.326 e. The van der Waals surface area contributed by atoms with Gasteiger partial charge in [-0.05, 0) is 25.2 Å². The first-order valence-electron chi connectivity index (χ1n) is 7.52. The highest BCUT2D eigenvalue weighted by Crippen LogP contribution is 2.26. The van der Waals surface area contributed by atoms with Crippen molar-refractivity contribution in [2.24, 2.45) is 11.7 Å². The summed E-state index contributed by atoms with van der Waals surface area (Å²) < 4.78 is 0. The second kappa shape index (κ2) is 8.49. The molecule has 0 aromatic carbocycles. The van der Waals surface area contributed by atoms with Crippen molar-refractivity contribution in [1.29, 1.82) is 0 Å². The van der Waals surface area contributed by atoms with Gasteiger partial charge < -0.3 is 21.5 Å². The van der Waals surface area contributed by atoms with Gasteiger partial charge >= 0.3 is 12.0 Å². The molecule has 0 bridgehead atoms. The molecule has 120 valence electrons. The summed E-state index contributed by atoms with van der Waals surface area (Å²) >= 11 is 0. The minimum Gasteiger partial charge on any atom is -0.480 e. The zero-order valence-electron chi connectivity index (χ0n) is 12.4. The van der Waals surface area contributed by atoms with Gasteiger partial charge in [0.2, 0.25) is 5.91 Å². The molecule has 0 radical (unpaired) electrons. The molecule has 0 aromatic rings. The summed E-state index contributed by atoms with van der Waals surface area (Å²) in [5.74, 6) is -1.30. The predicted molar refractivity (Wildman–Crippen MR) is 77.6 cm³/mol. The Hall–Kier alpha value is -1.79. The molecule has 0 saturated heterocycles. The zero-order valence-corrected chi connectivity index (χ0v) is 12.4. The number of hydrogen-bond acceptors (Lipinski definition) is 3. The van der Waals surface area contributed by atoms with Crippen LogP contribution in [0.25, 0.3) is 0 Å². The van der Waals surface area contributed by atoms with Crippen LogP contribution >= 0.6 is 0 Å². The number of urea groups is 1. The van der Waals surface area contributed by atoms with E-state index >= 15 is 0 Å². The molecule has 1 saturated carbocycles. The van der Waals surface area contributed by atoms with Gasteiger partial charge in [0.25, 0.3) is 0 Å². The summed E-state index contributed by atoms with van der Waals surface area (Å²) in [5, 5.41) is 14.3. The number of nitrogens with one attached hydrogen (secondary N) is 2. The van der Waals surface area contributed by atoms with E-state index in [-0.39, 0.29) is 18.9 Å². The van der Waals surface area contributed by atoms with E-state index in [0.29, 0.717) is 5.92 Å². The molecule has 0 heterocycles. The minimum absolute atomic E-state index is 0.0000400. The van der Waals surface area contributed by atoms with Crippen LogP contribution in [0, 0.1) is 5.92 Å². The average Bonchev–Trinajstić information content (AvgIpc) is 2.43. The Bertz CT molecular complexity index is 386. The minimum atomic E-state index is -1.16. The van der Waals surface area contributed by atoms with Crippen LogP contribution in [0.4, 0.5) is 4.79 Å². The van der Waals surface area contributed by atoms with Crippen molar-refractivity contribution in [3.05, 3.63) is 0 Å². The fraction of sp³-hybridized carbons (Fsp3) is 0.786. The predicted octanol–water partition coefficient (Wildman–Crippen LogP) is 0.973. The van der Waals surface area contributed by atoms with Gasteiger partial charge in [-0.15, -0.1) is 0 Å². The molecule has 1 rings (SSSR count). The Labute approximate surface area is 124 Å². The highest BCUT2D eigenvalue weighted by atomic mass is 16.4. The number of primary amides is 1. The van der Waals surface area contributed by atoms with Gasteiger partial charge in [-0.3, -0.25) is 4.79 Å². The number of carboxylic acid groups (broad SMARTS) is 1.